The molecular weight excluding hydrogens is 234 g/mol. The van der Waals surface area contributed by atoms with Gasteiger partial charge in [0.25, 0.3) is 0 Å². The van der Waals surface area contributed by atoms with E-state index in [1.807, 2.05) is 11.0 Å². The fourth-order valence-electron chi connectivity index (χ4n) is 2.15. The Hall–Kier alpha value is -1.33. The monoisotopic (exact) mass is 253 g/mol. The molecule has 0 unspecified atom stereocenters. The predicted octanol–water partition coefficient (Wildman–Crippen LogP) is 1.09. The van der Waals surface area contributed by atoms with Gasteiger partial charge in [0.2, 0.25) is 5.91 Å². The molecule has 1 atom stereocenters. The van der Waals surface area contributed by atoms with Gasteiger partial charge in [-0.15, -0.1) is 0 Å². The van der Waals surface area contributed by atoms with Crippen molar-refractivity contribution in [2.75, 3.05) is 33.5 Å². The first-order chi connectivity index (χ1) is 8.81. The Morgan fingerprint density at radius 2 is 2.50 bits per heavy atom. The molecule has 1 aliphatic rings. The van der Waals surface area contributed by atoms with Crippen LogP contribution in [0.3, 0.4) is 0 Å². The summed E-state index contributed by atoms with van der Waals surface area (Å²) in [6.45, 7) is 2.51. The second-order valence-corrected chi connectivity index (χ2v) is 4.41. The largest absolute Gasteiger partial charge is 0.472 e. The van der Waals surface area contributed by atoms with Crippen LogP contribution in [-0.4, -0.2) is 50.3 Å². The summed E-state index contributed by atoms with van der Waals surface area (Å²) in [6.07, 6.45) is 4.40. The molecule has 1 saturated heterocycles. The Balaban J connectivity index is 1.92. The third-order valence-electron chi connectivity index (χ3n) is 3.14. The topological polar surface area (TPSA) is 51.9 Å². The quantitative estimate of drug-likeness (QED) is 0.788. The van der Waals surface area contributed by atoms with Crippen molar-refractivity contribution >= 4 is 5.91 Å². The maximum atomic E-state index is 12.2. The number of carbonyl (C=O) groups excluding carboxylic acids is 1. The molecule has 18 heavy (non-hydrogen) atoms. The second-order valence-electron chi connectivity index (χ2n) is 4.41. The number of furan rings is 1. The number of amides is 1. The van der Waals surface area contributed by atoms with E-state index in [-0.39, 0.29) is 11.9 Å². The average molecular weight is 253 g/mol. The van der Waals surface area contributed by atoms with Crippen molar-refractivity contribution in [3.63, 3.8) is 0 Å². The van der Waals surface area contributed by atoms with Gasteiger partial charge >= 0.3 is 0 Å². The fourth-order valence-corrected chi connectivity index (χ4v) is 2.15. The molecule has 0 aliphatic carbocycles. The van der Waals surface area contributed by atoms with E-state index in [1.54, 1.807) is 19.6 Å². The Morgan fingerprint density at radius 1 is 1.61 bits per heavy atom. The zero-order valence-corrected chi connectivity index (χ0v) is 10.6. The molecule has 2 heterocycles. The molecule has 5 nitrogen and oxygen atoms in total. The Kier molecular flexibility index (Phi) is 4.78. The number of nitrogens with zero attached hydrogens (tertiary/aromatic N) is 1. The van der Waals surface area contributed by atoms with Crippen LogP contribution in [-0.2, 0) is 20.7 Å². The molecule has 1 fully saturated rings. The maximum Gasteiger partial charge on any atom is 0.227 e. The lowest BCUT2D eigenvalue weighted by Gasteiger charge is -2.35. The number of ether oxygens (including phenoxy) is 2. The van der Waals surface area contributed by atoms with Crippen molar-refractivity contribution in [2.24, 2.45) is 0 Å². The predicted molar refractivity (Wildman–Crippen MR) is 65.2 cm³/mol. The summed E-state index contributed by atoms with van der Waals surface area (Å²) < 4.78 is 15.5. The normalized spacial score (nSPS) is 20.1. The number of methoxy groups -OCH3 is 1. The summed E-state index contributed by atoms with van der Waals surface area (Å²) in [6, 6.07) is 1.95. The van der Waals surface area contributed by atoms with Gasteiger partial charge in [0, 0.05) is 20.3 Å². The minimum Gasteiger partial charge on any atom is -0.472 e. The van der Waals surface area contributed by atoms with Gasteiger partial charge in [0.1, 0.15) is 0 Å². The van der Waals surface area contributed by atoms with E-state index in [4.69, 9.17) is 13.9 Å². The van der Waals surface area contributed by atoms with Crippen LogP contribution in [0.4, 0.5) is 0 Å². The molecule has 5 heteroatoms. The van der Waals surface area contributed by atoms with Gasteiger partial charge in [-0.25, -0.2) is 0 Å². The van der Waals surface area contributed by atoms with Gasteiger partial charge in [-0.3, -0.25) is 4.79 Å². The van der Waals surface area contributed by atoms with Gasteiger partial charge in [-0.2, -0.15) is 0 Å². The standard InChI is InChI=1S/C13H19NO4/c1-16-5-3-12-10-18-7-4-14(12)13(15)8-11-2-6-17-9-11/h2,6,9,12H,3-5,7-8,10H2,1H3/t12-/m0/s1. The first-order valence-electron chi connectivity index (χ1n) is 6.18. The second kappa shape index (κ2) is 6.56. The minimum atomic E-state index is 0.123. The highest BCUT2D eigenvalue weighted by molar-refractivity contribution is 5.79. The van der Waals surface area contributed by atoms with Crippen LogP contribution < -0.4 is 0 Å². The first kappa shape index (κ1) is 13.1. The van der Waals surface area contributed by atoms with Crippen LogP contribution in [0.1, 0.15) is 12.0 Å². The molecule has 2 rings (SSSR count). The Morgan fingerprint density at radius 3 is 3.22 bits per heavy atom. The van der Waals surface area contributed by atoms with E-state index in [0.717, 1.165) is 12.0 Å². The molecule has 0 aromatic carbocycles. The number of rotatable bonds is 5. The molecule has 0 spiro atoms. The third kappa shape index (κ3) is 3.34. The zero-order chi connectivity index (χ0) is 12.8. The minimum absolute atomic E-state index is 0.123. The van der Waals surface area contributed by atoms with E-state index in [1.165, 1.54) is 0 Å². The van der Waals surface area contributed by atoms with Gasteiger partial charge in [0.15, 0.2) is 0 Å². The van der Waals surface area contributed by atoms with Crippen molar-refractivity contribution in [2.45, 2.75) is 18.9 Å². The summed E-state index contributed by atoms with van der Waals surface area (Å²) in [7, 11) is 1.67. The van der Waals surface area contributed by atoms with Crippen LogP contribution >= 0.6 is 0 Å². The highest BCUT2D eigenvalue weighted by atomic mass is 16.5. The van der Waals surface area contributed by atoms with Crippen molar-refractivity contribution < 1.29 is 18.7 Å². The highest BCUT2D eigenvalue weighted by Gasteiger charge is 2.26. The van der Waals surface area contributed by atoms with Crippen molar-refractivity contribution in [1.29, 1.82) is 0 Å². The molecule has 1 aliphatic heterocycles. The molecule has 100 valence electrons. The third-order valence-corrected chi connectivity index (χ3v) is 3.14. The maximum absolute atomic E-state index is 12.2. The van der Waals surface area contributed by atoms with E-state index in [9.17, 15) is 4.79 Å². The zero-order valence-electron chi connectivity index (χ0n) is 10.6. The SMILES string of the molecule is COCC[C@H]1COCCN1C(=O)Cc1ccoc1. The number of morpholine rings is 1. The summed E-state index contributed by atoms with van der Waals surface area (Å²) in [5.74, 6) is 0.126. The Labute approximate surface area is 107 Å². The van der Waals surface area contributed by atoms with Crippen LogP contribution in [0.5, 0.6) is 0 Å². The van der Waals surface area contributed by atoms with Crippen LogP contribution in [0.25, 0.3) is 0 Å². The molecule has 1 amide bonds. The van der Waals surface area contributed by atoms with Crippen LogP contribution in [0.15, 0.2) is 23.0 Å². The Bertz CT molecular complexity index is 363. The molecule has 1 aromatic heterocycles. The smallest absolute Gasteiger partial charge is 0.227 e. The van der Waals surface area contributed by atoms with Crippen LogP contribution in [0.2, 0.25) is 0 Å². The fraction of sp³-hybridized carbons (Fsp3) is 0.615. The number of carbonyl (C=O) groups is 1. The van der Waals surface area contributed by atoms with Crippen LogP contribution in [0, 0.1) is 0 Å². The number of hydrogen-bond donors (Lipinski definition) is 0. The van der Waals surface area contributed by atoms with Crippen molar-refractivity contribution in [1.82, 2.24) is 4.90 Å². The molecule has 0 N–H and O–H groups in total. The van der Waals surface area contributed by atoms with E-state index < -0.39 is 0 Å². The summed E-state index contributed by atoms with van der Waals surface area (Å²) >= 11 is 0. The van der Waals surface area contributed by atoms with Gasteiger partial charge in [-0.05, 0) is 18.1 Å². The van der Waals surface area contributed by atoms with E-state index in [0.29, 0.717) is 32.8 Å². The average Bonchev–Trinajstić information content (AvgIpc) is 2.89. The number of hydrogen-bond acceptors (Lipinski definition) is 4. The molecular formula is C13H19NO4. The van der Waals surface area contributed by atoms with Crippen molar-refractivity contribution in [3.8, 4) is 0 Å². The summed E-state index contributed by atoms with van der Waals surface area (Å²) in [4.78, 5) is 14.1. The summed E-state index contributed by atoms with van der Waals surface area (Å²) in [5.41, 5.74) is 0.914. The van der Waals surface area contributed by atoms with Gasteiger partial charge in [-0.1, -0.05) is 0 Å². The molecule has 0 saturated carbocycles. The molecule has 1 aromatic rings. The highest BCUT2D eigenvalue weighted by Crippen LogP contribution is 2.13. The molecule has 0 radical (unpaired) electrons. The molecule has 0 bridgehead atoms. The van der Waals surface area contributed by atoms with E-state index in [2.05, 4.69) is 0 Å². The lowest BCUT2D eigenvalue weighted by Crippen LogP contribution is -2.49. The van der Waals surface area contributed by atoms with Crippen molar-refractivity contribution in [3.05, 3.63) is 24.2 Å². The van der Waals surface area contributed by atoms with Gasteiger partial charge in [0.05, 0.1) is 38.2 Å². The lowest BCUT2D eigenvalue weighted by molar-refractivity contribution is -0.139. The van der Waals surface area contributed by atoms with Gasteiger partial charge < -0.3 is 18.8 Å². The first-order valence-corrected chi connectivity index (χ1v) is 6.18. The van der Waals surface area contributed by atoms with E-state index >= 15 is 0 Å². The lowest BCUT2D eigenvalue weighted by atomic mass is 10.1. The summed E-state index contributed by atoms with van der Waals surface area (Å²) in [5, 5.41) is 0.